The van der Waals surface area contributed by atoms with Gasteiger partial charge >= 0.3 is 0 Å². The molecule has 1 fully saturated rings. The Kier molecular flexibility index (Phi) is 11.4. The highest BCUT2D eigenvalue weighted by Gasteiger charge is 2.39. The van der Waals surface area contributed by atoms with Gasteiger partial charge < -0.3 is 24.4 Å². The predicted octanol–water partition coefficient (Wildman–Crippen LogP) is 9.81. The average Bonchev–Trinajstić information content (AvgIpc) is 3.78. The van der Waals surface area contributed by atoms with Crippen molar-refractivity contribution in [3.63, 3.8) is 0 Å². The molecule has 2 heterocycles. The number of ether oxygens (including phenoxy) is 3. The molecule has 0 spiro atoms. The van der Waals surface area contributed by atoms with E-state index in [1.54, 1.807) is 17.0 Å². The second kappa shape index (κ2) is 16.9. The topological polar surface area (TPSA) is 101 Å². The van der Waals surface area contributed by atoms with E-state index in [1.807, 2.05) is 73.7 Å². The molecule has 8 rings (SSSR count). The van der Waals surface area contributed by atoms with E-state index in [2.05, 4.69) is 35.7 Å². The zero-order chi connectivity index (χ0) is 39.5. The summed E-state index contributed by atoms with van der Waals surface area (Å²) in [5, 5.41) is 13.3. The summed E-state index contributed by atoms with van der Waals surface area (Å²) in [6.45, 7) is 3.02. The number of benzene rings is 5. The van der Waals surface area contributed by atoms with E-state index in [-0.39, 0.29) is 29.9 Å². The zero-order valence-corrected chi connectivity index (χ0v) is 33.2. The van der Waals surface area contributed by atoms with E-state index in [0.29, 0.717) is 65.5 Å². The second-order valence-electron chi connectivity index (χ2n) is 15.3. The zero-order valence-electron chi connectivity index (χ0n) is 31.7. The molecule has 57 heavy (non-hydrogen) atoms. The third kappa shape index (κ3) is 8.76. The molecule has 5 aromatic rings. The van der Waals surface area contributed by atoms with Gasteiger partial charge in [-0.25, -0.2) is 0 Å². The van der Waals surface area contributed by atoms with Crippen LogP contribution in [0.5, 0.6) is 17.2 Å². The van der Waals surface area contributed by atoms with E-state index in [0.717, 1.165) is 64.6 Å². The maximum atomic E-state index is 14.1. The summed E-state index contributed by atoms with van der Waals surface area (Å²) in [6.07, 6.45) is 4.49. The third-order valence-corrected chi connectivity index (χ3v) is 12.0. The van der Waals surface area contributed by atoms with Crippen molar-refractivity contribution in [1.29, 1.82) is 5.26 Å². The SMILES string of the molecule is CC(Cc1ccc(-c2ccc(C#N)cc2)cc1)NC(=O)C1Cc2cc3c(cc2CN1C(=O)C1CCCC1)OC(c1ccc(OCc2ccc(Cl)c(Cl)c2)cc1)CO3. The van der Waals surface area contributed by atoms with Crippen molar-refractivity contribution in [3.05, 3.63) is 147 Å². The van der Waals surface area contributed by atoms with Gasteiger partial charge in [0.05, 0.1) is 21.7 Å². The van der Waals surface area contributed by atoms with Crippen molar-refractivity contribution in [1.82, 2.24) is 10.2 Å². The molecular weight excluding hydrogens is 757 g/mol. The highest BCUT2D eigenvalue weighted by molar-refractivity contribution is 6.42. The van der Waals surface area contributed by atoms with Crippen molar-refractivity contribution in [3.8, 4) is 34.4 Å². The lowest BCUT2D eigenvalue weighted by molar-refractivity contribution is -0.145. The number of nitrogens with one attached hydrogen (secondary N) is 1. The molecule has 0 saturated heterocycles. The standard InChI is InChI=1S/C47H43Cl2N3O5/c1-29(20-30-6-11-33(12-7-30)34-13-8-31(25-50)9-14-34)51-46(53)42-22-37-23-43-44(24-38(37)26-52(42)47(54)36-4-2-3-5-36)57-45(28-56-43)35-15-17-39(18-16-35)55-27-32-10-19-40(48)41(49)21-32/h6-19,21,23-24,29,36,42,45H,2-5,20,22,26-28H2,1H3,(H,51,53). The first-order valence-corrected chi connectivity index (χ1v) is 20.3. The Labute approximate surface area is 343 Å². The Hall–Kier alpha value is -5.49. The maximum absolute atomic E-state index is 14.1. The van der Waals surface area contributed by atoms with E-state index >= 15 is 0 Å². The molecule has 1 saturated carbocycles. The van der Waals surface area contributed by atoms with Gasteiger partial charge in [0.1, 0.15) is 25.0 Å². The molecule has 0 aromatic heterocycles. The smallest absolute Gasteiger partial charge is 0.243 e. The van der Waals surface area contributed by atoms with Gasteiger partial charge in [-0.15, -0.1) is 0 Å². The molecule has 2 amide bonds. The van der Waals surface area contributed by atoms with Crippen LogP contribution in [0, 0.1) is 17.2 Å². The first-order chi connectivity index (χ1) is 27.7. The summed E-state index contributed by atoms with van der Waals surface area (Å²) < 4.78 is 18.7. The Morgan fingerprint density at radius 3 is 2.25 bits per heavy atom. The van der Waals surface area contributed by atoms with Gasteiger partial charge in [-0.3, -0.25) is 9.59 Å². The Morgan fingerprint density at radius 2 is 1.54 bits per heavy atom. The first-order valence-electron chi connectivity index (χ1n) is 19.5. The van der Waals surface area contributed by atoms with Crippen molar-refractivity contribution in [2.24, 2.45) is 5.92 Å². The summed E-state index contributed by atoms with van der Waals surface area (Å²) in [4.78, 5) is 29.9. The molecule has 2 aliphatic heterocycles. The van der Waals surface area contributed by atoms with Gasteiger partial charge in [0.25, 0.3) is 0 Å². The Balaban J connectivity index is 0.932. The molecule has 3 unspecified atom stereocenters. The van der Waals surface area contributed by atoms with Gasteiger partial charge in [-0.05, 0) is 114 Å². The number of hydrogen-bond donors (Lipinski definition) is 1. The first kappa shape index (κ1) is 38.4. The van der Waals surface area contributed by atoms with Gasteiger partial charge in [-0.1, -0.05) is 90.6 Å². The van der Waals surface area contributed by atoms with E-state index in [4.69, 9.17) is 42.7 Å². The molecule has 5 aromatic carbocycles. The quantitative estimate of drug-likeness (QED) is 0.151. The van der Waals surface area contributed by atoms with Crippen LogP contribution in [0.2, 0.25) is 10.0 Å². The number of halogens is 2. The predicted molar refractivity (Wildman–Crippen MR) is 220 cm³/mol. The maximum Gasteiger partial charge on any atom is 0.243 e. The van der Waals surface area contributed by atoms with Gasteiger partial charge in [0.15, 0.2) is 17.6 Å². The fourth-order valence-electron chi connectivity index (χ4n) is 8.08. The van der Waals surface area contributed by atoms with Crippen LogP contribution in [0.1, 0.15) is 72.1 Å². The van der Waals surface area contributed by atoms with Crippen LogP contribution in [-0.4, -0.2) is 35.4 Å². The minimum atomic E-state index is -0.625. The number of nitrogens with zero attached hydrogens (tertiary/aromatic N) is 2. The number of carbonyl (C=O) groups excluding carboxylic acids is 2. The lowest BCUT2D eigenvalue weighted by atomic mass is 9.90. The summed E-state index contributed by atoms with van der Waals surface area (Å²) in [5.41, 5.74) is 7.65. The molecule has 0 radical (unpaired) electrons. The van der Waals surface area contributed by atoms with Crippen LogP contribution in [-0.2, 0) is 35.6 Å². The van der Waals surface area contributed by atoms with E-state index in [9.17, 15) is 9.59 Å². The molecule has 3 aliphatic rings. The van der Waals surface area contributed by atoms with Crippen LogP contribution in [0.4, 0.5) is 0 Å². The highest BCUT2D eigenvalue weighted by Crippen LogP contribution is 2.42. The molecule has 8 nitrogen and oxygen atoms in total. The second-order valence-corrected chi connectivity index (χ2v) is 16.1. The fraction of sp³-hybridized carbons (Fsp3) is 0.298. The third-order valence-electron chi connectivity index (χ3n) is 11.2. The number of amides is 2. The normalized spacial score (nSPS) is 18.0. The molecular formula is C47H43Cl2N3O5. The summed E-state index contributed by atoms with van der Waals surface area (Å²) >= 11 is 12.2. The number of hydrogen-bond acceptors (Lipinski definition) is 6. The van der Waals surface area contributed by atoms with Crippen LogP contribution in [0.3, 0.4) is 0 Å². The highest BCUT2D eigenvalue weighted by atomic mass is 35.5. The lowest BCUT2D eigenvalue weighted by Gasteiger charge is -2.39. The van der Waals surface area contributed by atoms with Crippen LogP contribution in [0.15, 0.2) is 103 Å². The minimum absolute atomic E-state index is 0.0542. The van der Waals surface area contributed by atoms with Crippen LogP contribution < -0.4 is 19.5 Å². The molecule has 290 valence electrons. The Bertz CT molecular complexity index is 2300. The number of carbonyl (C=O) groups is 2. The summed E-state index contributed by atoms with van der Waals surface area (Å²) in [5.74, 6) is 1.82. The molecule has 1 aliphatic carbocycles. The fourth-order valence-corrected chi connectivity index (χ4v) is 8.40. The summed E-state index contributed by atoms with van der Waals surface area (Å²) in [7, 11) is 0. The average molecular weight is 801 g/mol. The molecule has 0 bridgehead atoms. The molecule has 1 N–H and O–H groups in total. The van der Waals surface area contributed by atoms with Crippen molar-refractivity contribution in [2.75, 3.05) is 6.61 Å². The van der Waals surface area contributed by atoms with Gasteiger partial charge in [0.2, 0.25) is 11.8 Å². The van der Waals surface area contributed by atoms with Crippen LogP contribution >= 0.6 is 23.2 Å². The van der Waals surface area contributed by atoms with Crippen molar-refractivity contribution >= 4 is 35.0 Å². The molecule has 10 heteroatoms. The molecule has 3 atom stereocenters. The number of fused-ring (bicyclic) bond motifs is 2. The van der Waals surface area contributed by atoms with Crippen LogP contribution in [0.25, 0.3) is 11.1 Å². The minimum Gasteiger partial charge on any atom is -0.489 e. The largest absolute Gasteiger partial charge is 0.489 e. The number of rotatable bonds is 10. The van der Waals surface area contributed by atoms with Gasteiger partial charge in [0, 0.05) is 24.9 Å². The van der Waals surface area contributed by atoms with Crippen molar-refractivity contribution < 1.29 is 23.8 Å². The number of nitriles is 1. The van der Waals surface area contributed by atoms with E-state index < -0.39 is 6.04 Å². The van der Waals surface area contributed by atoms with E-state index in [1.165, 1.54) is 0 Å². The lowest BCUT2D eigenvalue weighted by Crippen LogP contribution is -2.55. The monoisotopic (exact) mass is 799 g/mol. The Morgan fingerprint density at radius 1 is 0.860 bits per heavy atom. The van der Waals surface area contributed by atoms with Crippen molar-refractivity contribution in [2.45, 2.75) is 76.8 Å². The van der Waals surface area contributed by atoms with Gasteiger partial charge in [-0.2, -0.15) is 5.26 Å². The summed E-state index contributed by atoms with van der Waals surface area (Å²) in [6, 6.07) is 34.3.